The summed E-state index contributed by atoms with van der Waals surface area (Å²) in [5.74, 6) is -3.71. The molecule has 3 saturated heterocycles. The normalized spacial score (nSPS) is 28.2. The van der Waals surface area contributed by atoms with Crippen LogP contribution >= 0.6 is 0 Å². The molecule has 0 unspecified atom stereocenters. The average Bonchev–Trinajstić information content (AvgIpc) is 3.46. The fraction of sp³-hybridized carbons (Fsp3) is 0.179. The Hall–Kier alpha value is -4.59. The second-order valence-electron chi connectivity index (χ2n) is 9.48. The van der Waals surface area contributed by atoms with Crippen LogP contribution in [0.15, 0.2) is 90.0 Å². The van der Waals surface area contributed by atoms with Crippen LogP contribution in [0.3, 0.4) is 0 Å². The number of carbonyl (C=O) groups is 4. The van der Waals surface area contributed by atoms with Crippen LogP contribution in [0, 0.1) is 11.8 Å². The van der Waals surface area contributed by atoms with Gasteiger partial charge in [0.05, 0.1) is 41.9 Å². The van der Waals surface area contributed by atoms with E-state index in [-0.39, 0.29) is 12.3 Å². The fourth-order valence-corrected chi connectivity index (χ4v) is 6.36. The first-order chi connectivity index (χ1) is 17.5. The summed E-state index contributed by atoms with van der Waals surface area (Å²) < 4.78 is 0. The summed E-state index contributed by atoms with van der Waals surface area (Å²) in [6, 6.07) is 24.3. The predicted octanol–water partition coefficient (Wildman–Crippen LogP) is 2.90. The highest BCUT2D eigenvalue weighted by molar-refractivity contribution is 6.30. The van der Waals surface area contributed by atoms with Crippen molar-refractivity contribution in [1.29, 1.82) is 0 Å². The molecule has 7 rings (SSSR count). The Morgan fingerprint density at radius 1 is 0.722 bits per heavy atom. The lowest BCUT2D eigenvalue weighted by Gasteiger charge is -2.39. The molecule has 8 nitrogen and oxygen atoms in total. The van der Waals surface area contributed by atoms with Crippen molar-refractivity contribution in [2.24, 2.45) is 16.9 Å². The summed E-state index contributed by atoms with van der Waals surface area (Å²) in [4.78, 5) is 58.0. The minimum atomic E-state index is -1.59. The number of imide groups is 2. The predicted molar refractivity (Wildman–Crippen MR) is 131 cm³/mol. The van der Waals surface area contributed by atoms with Crippen LogP contribution in [0.4, 0.5) is 11.4 Å². The number of nitrogens with zero attached hydrogens (tertiary/aromatic N) is 4. The Labute approximate surface area is 206 Å². The minimum Gasteiger partial charge on any atom is -0.274 e. The summed E-state index contributed by atoms with van der Waals surface area (Å²) in [6.45, 7) is 0. The fourth-order valence-electron chi connectivity index (χ4n) is 6.36. The van der Waals surface area contributed by atoms with Gasteiger partial charge in [0.1, 0.15) is 0 Å². The third-order valence-corrected chi connectivity index (χ3v) is 7.79. The molecule has 0 N–H and O–H groups in total. The van der Waals surface area contributed by atoms with E-state index in [1.165, 1.54) is 4.90 Å². The summed E-state index contributed by atoms with van der Waals surface area (Å²) in [5.41, 5.74) is 0.927. The van der Waals surface area contributed by atoms with Gasteiger partial charge in [0, 0.05) is 0 Å². The molecule has 0 bridgehead atoms. The van der Waals surface area contributed by atoms with Crippen molar-refractivity contribution in [3.8, 4) is 0 Å². The molecule has 1 spiro atoms. The van der Waals surface area contributed by atoms with Crippen LogP contribution in [0.2, 0.25) is 0 Å². The van der Waals surface area contributed by atoms with Crippen LogP contribution in [0.25, 0.3) is 0 Å². The Kier molecular flexibility index (Phi) is 4.16. The molecule has 176 valence electrons. The number of hydrogen-bond donors (Lipinski definition) is 0. The van der Waals surface area contributed by atoms with Gasteiger partial charge in [-0.15, -0.1) is 0 Å². The van der Waals surface area contributed by atoms with Gasteiger partial charge < -0.3 is 0 Å². The zero-order chi connectivity index (χ0) is 24.6. The van der Waals surface area contributed by atoms with Gasteiger partial charge in [0.15, 0.2) is 5.54 Å². The quantitative estimate of drug-likeness (QED) is 0.531. The Balaban J connectivity index is 1.44. The third kappa shape index (κ3) is 2.45. The highest BCUT2D eigenvalue weighted by atomic mass is 16.2. The number of anilines is 2. The van der Waals surface area contributed by atoms with Crippen molar-refractivity contribution in [3.63, 3.8) is 0 Å². The van der Waals surface area contributed by atoms with Crippen LogP contribution in [-0.2, 0) is 19.2 Å². The molecule has 4 aliphatic rings. The molecular formula is C28H20N4O4. The third-order valence-electron chi connectivity index (χ3n) is 7.79. The van der Waals surface area contributed by atoms with Gasteiger partial charge in [0.2, 0.25) is 17.7 Å². The summed E-state index contributed by atoms with van der Waals surface area (Å²) in [5, 5.41) is 6.19. The standard InChI is InChI=1S/C28H20N4O4/c33-21-15-28(27(36)30(21)18-10-3-1-4-11-18)23-22(24-20-14-8-7-9-17(20)16-29-32(24)28)25(34)31(26(23)35)19-12-5-2-6-13-19/h1-14,16,22-24H,15H2/t22-,23+,24-,28+/m1/s1. The van der Waals surface area contributed by atoms with Gasteiger partial charge in [-0.25, -0.2) is 9.80 Å². The van der Waals surface area contributed by atoms with Gasteiger partial charge in [-0.1, -0.05) is 60.7 Å². The average molecular weight is 476 g/mol. The number of para-hydroxylation sites is 2. The number of benzene rings is 3. The van der Waals surface area contributed by atoms with Gasteiger partial charge >= 0.3 is 0 Å². The lowest BCUT2D eigenvalue weighted by Crippen LogP contribution is -2.56. The first kappa shape index (κ1) is 20.8. The molecule has 0 aliphatic carbocycles. The Morgan fingerprint density at radius 2 is 1.33 bits per heavy atom. The highest BCUT2D eigenvalue weighted by Crippen LogP contribution is 2.60. The van der Waals surface area contributed by atoms with Crippen molar-refractivity contribution >= 4 is 41.2 Å². The van der Waals surface area contributed by atoms with E-state index in [9.17, 15) is 19.2 Å². The monoisotopic (exact) mass is 476 g/mol. The Bertz CT molecular complexity index is 1490. The largest absolute Gasteiger partial charge is 0.274 e. The zero-order valence-corrected chi connectivity index (χ0v) is 19.0. The lowest BCUT2D eigenvalue weighted by molar-refractivity contribution is -0.135. The van der Waals surface area contributed by atoms with Crippen LogP contribution in [0.1, 0.15) is 23.6 Å². The molecular weight excluding hydrogens is 456 g/mol. The maximum atomic E-state index is 14.3. The molecule has 0 saturated carbocycles. The van der Waals surface area contributed by atoms with Crippen molar-refractivity contribution in [1.82, 2.24) is 5.01 Å². The van der Waals surface area contributed by atoms with E-state index in [1.807, 2.05) is 30.3 Å². The lowest BCUT2D eigenvalue weighted by atomic mass is 9.78. The number of hydrazone groups is 1. The molecule has 4 heterocycles. The molecule has 3 aromatic carbocycles. The van der Waals surface area contributed by atoms with Crippen molar-refractivity contribution in [3.05, 3.63) is 96.1 Å². The molecule has 4 atom stereocenters. The van der Waals surface area contributed by atoms with Crippen LogP contribution in [0.5, 0.6) is 0 Å². The van der Waals surface area contributed by atoms with E-state index in [1.54, 1.807) is 65.8 Å². The highest BCUT2D eigenvalue weighted by Gasteiger charge is 2.76. The van der Waals surface area contributed by atoms with Crippen molar-refractivity contribution < 1.29 is 19.2 Å². The van der Waals surface area contributed by atoms with E-state index in [0.29, 0.717) is 11.4 Å². The maximum Gasteiger partial charge on any atom is 0.262 e. The van der Waals surface area contributed by atoms with Crippen LogP contribution < -0.4 is 9.80 Å². The first-order valence-electron chi connectivity index (χ1n) is 11.8. The van der Waals surface area contributed by atoms with E-state index >= 15 is 0 Å². The number of amides is 4. The first-order valence-corrected chi connectivity index (χ1v) is 11.8. The second kappa shape index (κ2) is 7.21. The summed E-state index contributed by atoms with van der Waals surface area (Å²) >= 11 is 0. The van der Waals surface area contributed by atoms with E-state index in [0.717, 1.165) is 16.0 Å². The van der Waals surface area contributed by atoms with Gasteiger partial charge in [-0.2, -0.15) is 5.10 Å². The molecule has 8 heteroatoms. The maximum absolute atomic E-state index is 14.3. The zero-order valence-electron chi connectivity index (χ0n) is 19.0. The molecule has 4 amide bonds. The molecule has 0 aromatic heterocycles. The smallest absolute Gasteiger partial charge is 0.262 e. The number of carbonyl (C=O) groups excluding carboxylic acids is 4. The van der Waals surface area contributed by atoms with Crippen molar-refractivity contribution in [2.75, 3.05) is 9.80 Å². The second-order valence-corrected chi connectivity index (χ2v) is 9.48. The molecule has 0 radical (unpaired) electrons. The molecule has 36 heavy (non-hydrogen) atoms. The number of fused-ring (bicyclic) bond motifs is 7. The van der Waals surface area contributed by atoms with E-state index in [4.69, 9.17) is 0 Å². The van der Waals surface area contributed by atoms with Gasteiger partial charge in [-0.05, 0) is 35.4 Å². The minimum absolute atomic E-state index is 0.237. The number of rotatable bonds is 2. The van der Waals surface area contributed by atoms with Crippen LogP contribution in [-0.4, -0.2) is 40.4 Å². The SMILES string of the molecule is O=C1C[C@@]2(C(=O)N1c1ccccc1)[C@@H]1C(=O)N(c3ccccc3)C(=O)[C@H]1[C@H]1c3ccccc3C=NN12. The summed E-state index contributed by atoms with van der Waals surface area (Å²) in [7, 11) is 0. The van der Waals surface area contributed by atoms with Gasteiger partial charge in [0.25, 0.3) is 5.91 Å². The van der Waals surface area contributed by atoms with Crippen molar-refractivity contribution in [2.45, 2.75) is 18.0 Å². The summed E-state index contributed by atoms with van der Waals surface area (Å²) in [6.07, 6.45) is 1.40. The molecule has 3 fully saturated rings. The van der Waals surface area contributed by atoms with E-state index < -0.39 is 41.1 Å². The van der Waals surface area contributed by atoms with Gasteiger partial charge in [-0.3, -0.25) is 24.2 Å². The molecule has 4 aliphatic heterocycles. The molecule has 3 aromatic rings. The number of hydrogen-bond acceptors (Lipinski definition) is 6. The van der Waals surface area contributed by atoms with E-state index in [2.05, 4.69) is 5.10 Å². The topological polar surface area (TPSA) is 90.4 Å². The Morgan fingerprint density at radius 3 is 2.03 bits per heavy atom.